The van der Waals surface area contributed by atoms with Gasteiger partial charge in [0, 0.05) is 4.47 Å². The lowest BCUT2D eigenvalue weighted by molar-refractivity contribution is -0.145. The van der Waals surface area contributed by atoms with E-state index in [2.05, 4.69) is 15.9 Å². The van der Waals surface area contributed by atoms with Crippen LogP contribution in [0.15, 0.2) is 22.7 Å². The van der Waals surface area contributed by atoms with Crippen LogP contribution in [0.3, 0.4) is 0 Å². The summed E-state index contributed by atoms with van der Waals surface area (Å²) in [4.78, 5) is 10.9. The van der Waals surface area contributed by atoms with Gasteiger partial charge in [0.25, 0.3) is 0 Å². The first kappa shape index (κ1) is 15.6. The number of carbonyl (C=O) groups is 1. The molecule has 1 saturated carbocycles. The van der Waals surface area contributed by atoms with Gasteiger partial charge in [-0.25, -0.2) is 0 Å². The number of carboxylic acids is 1. The van der Waals surface area contributed by atoms with Crippen molar-refractivity contribution in [2.45, 2.75) is 31.3 Å². The Balaban J connectivity index is 1.94. The maximum absolute atomic E-state index is 10.9. The second-order valence-corrected chi connectivity index (χ2v) is 6.52. The molecule has 1 aromatic rings. The van der Waals surface area contributed by atoms with Crippen LogP contribution in [0.25, 0.3) is 0 Å². The highest BCUT2D eigenvalue weighted by Crippen LogP contribution is 2.34. The maximum atomic E-state index is 10.9. The van der Waals surface area contributed by atoms with E-state index in [4.69, 9.17) is 21.4 Å². The summed E-state index contributed by atoms with van der Waals surface area (Å²) in [6.07, 6.45) is 1.80. The smallest absolute Gasteiger partial charge is 0.306 e. The molecule has 0 spiro atoms. The summed E-state index contributed by atoms with van der Waals surface area (Å²) in [5.41, 5.74) is -0.975. The molecular formula is C14H16BrClO4. The number of halogens is 2. The third kappa shape index (κ3) is 3.87. The molecule has 0 aromatic heterocycles. The van der Waals surface area contributed by atoms with Gasteiger partial charge in [-0.05, 0) is 43.9 Å². The Morgan fingerprint density at radius 1 is 1.45 bits per heavy atom. The standard InChI is InChI=1S/C14H16BrClO4/c15-10-1-2-11(16)12(7-10)20-8-14(19)5-3-9(4-6-14)13(17)18/h1-2,7,9,19H,3-6,8H2,(H,17,18). The van der Waals surface area contributed by atoms with Gasteiger partial charge in [0.1, 0.15) is 12.4 Å². The molecule has 1 fully saturated rings. The summed E-state index contributed by atoms with van der Waals surface area (Å²) < 4.78 is 6.44. The van der Waals surface area contributed by atoms with E-state index in [0.29, 0.717) is 36.5 Å². The molecule has 0 unspecified atom stereocenters. The molecule has 0 heterocycles. The molecule has 0 aliphatic heterocycles. The largest absolute Gasteiger partial charge is 0.489 e. The second-order valence-electron chi connectivity index (χ2n) is 5.20. The molecule has 1 aliphatic carbocycles. The number of aliphatic hydroxyl groups is 1. The van der Waals surface area contributed by atoms with Crippen LogP contribution in [-0.2, 0) is 4.79 Å². The predicted molar refractivity (Wildman–Crippen MR) is 79.2 cm³/mol. The normalized spacial score (nSPS) is 26.2. The fraction of sp³-hybridized carbons (Fsp3) is 0.500. The molecule has 0 bridgehead atoms. The van der Waals surface area contributed by atoms with Crippen molar-refractivity contribution in [3.05, 3.63) is 27.7 Å². The van der Waals surface area contributed by atoms with Crippen LogP contribution in [0.5, 0.6) is 5.75 Å². The molecular weight excluding hydrogens is 348 g/mol. The number of benzene rings is 1. The van der Waals surface area contributed by atoms with E-state index in [0.717, 1.165) is 4.47 Å². The first-order chi connectivity index (χ1) is 9.39. The van der Waals surface area contributed by atoms with Gasteiger partial charge in [0.05, 0.1) is 16.5 Å². The van der Waals surface area contributed by atoms with E-state index < -0.39 is 11.6 Å². The minimum atomic E-state index is -0.975. The van der Waals surface area contributed by atoms with Crippen molar-refractivity contribution < 1.29 is 19.7 Å². The Bertz CT molecular complexity index is 498. The molecule has 2 N–H and O–H groups in total. The van der Waals surface area contributed by atoms with Crippen molar-refractivity contribution in [3.8, 4) is 5.75 Å². The Labute approximate surface area is 130 Å². The van der Waals surface area contributed by atoms with Crippen LogP contribution in [0.4, 0.5) is 0 Å². The summed E-state index contributed by atoms with van der Waals surface area (Å²) in [5, 5.41) is 19.8. The van der Waals surface area contributed by atoms with Gasteiger partial charge >= 0.3 is 5.97 Å². The molecule has 0 radical (unpaired) electrons. The van der Waals surface area contributed by atoms with Crippen LogP contribution in [0, 0.1) is 5.92 Å². The van der Waals surface area contributed by atoms with Gasteiger partial charge < -0.3 is 14.9 Å². The highest BCUT2D eigenvalue weighted by Gasteiger charge is 2.36. The molecule has 1 aromatic carbocycles. The average molecular weight is 364 g/mol. The Kier molecular flexibility index (Phi) is 4.94. The number of hydrogen-bond donors (Lipinski definition) is 2. The van der Waals surface area contributed by atoms with Crippen LogP contribution >= 0.6 is 27.5 Å². The van der Waals surface area contributed by atoms with E-state index in [9.17, 15) is 9.90 Å². The first-order valence-electron chi connectivity index (χ1n) is 6.43. The molecule has 1 aliphatic rings. The summed E-state index contributed by atoms with van der Waals surface area (Å²) in [6.45, 7) is 0.121. The maximum Gasteiger partial charge on any atom is 0.306 e. The van der Waals surface area contributed by atoms with Crippen molar-refractivity contribution >= 4 is 33.5 Å². The lowest BCUT2D eigenvalue weighted by atomic mass is 9.79. The summed E-state index contributed by atoms with van der Waals surface area (Å²) in [5.74, 6) is -0.637. The van der Waals surface area contributed by atoms with Gasteiger partial charge in [-0.3, -0.25) is 4.79 Å². The van der Waals surface area contributed by atoms with E-state index >= 15 is 0 Å². The average Bonchev–Trinajstić information content (AvgIpc) is 2.40. The van der Waals surface area contributed by atoms with Crippen molar-refractivity contribution in [1.82, 2.24) is 0 Å². The fourth-order valence-electron chi connectivity index (χ4n) is 2.35. The van der Waals surface area contributed by atoms with E-state index in [1.807, 2.05) is 6.07 Å². The first-order valence-corrected chi connectivity index (χ1v) is 7.60. The highest BCUT2D eigenvalue weighted by atomic mass is 79.9. The number of hydrogen-bond acceptors (Lipinski definition) is 3. The zero-order valence-corrected chi connectivity index (χ0v) is 13.2. The van der Waals surface area contributed by atoms with Gasteiger partial charge in [-0.1, -0.05) is 27.5 Å². The van der Waals surface area contributed by atoms with Crippen LogP contribution in [0.2, 0.25) is 5.02 Å². The Morgan fingerprint density at radius 2 is 2.10 bits per heavy atom. The fourth-order valence-corrected chi connectivity index (χ4v) is 2.86. The van der Waals surface area contributed by atoms with Crippen LogP contribution in [-0.4, -0.2) is 28.4 Å². The minimum absolute atomic E-state index is 0.121. The van der Waals surface area contributed by atoms with Crippen molar-refractivity contribution in [2.75, 3.05) is 6.61 Å². The quantitative estimate of drug-likeness (QED) is 0.859. The van der Waals surface area contributed by atoms with Gasteiger partial charge in [0.15, 0.2) is 0 Å². The molecule has 20 heavy (non-hydrogen) atoms. The molecule has 2 rings (SSSR count). The molecule has 110 valence electrons. The molecule has 0 saturated heterocycles. The van der Waals surface area contributed by atoms with Crippen LogP contribution in [0.1, 0.15) is 25.7 Å². The van der Waals surface area contributed by atoms with Crippen LogP contribution < -0.4 is 4.74 Å². The topological polar surface area (TPSA) is 66.8 Å². The number of rotatable bonds is 4. The van der Waals surface area contributed by atoms with E-state index in [1.165, 1.54) is 0 Å². The number of carboxylic acid groups (broad SMARTS) is 1. The SMILES string of the molecule is O=C(O)C1CCC(O)(COc2cc(Br)ccc2Cl)CC1. The zero-order valence-electron chi connectivity index (χ0n) is 10.8. The highest BCUT2D eigenvalue weighted by molar-refractivity contribution is 9.10. The molecule has 4 nitrogen and oxygen atoms in total. The third-order valence-corrected chi connectivity index (χ3v) is 4.46. The van der Waals surface area contributed by atoms with Crippen molar-refractivity contribution in [3.63, 3.8) is 0 Å². The lowest BCUT2D eigenvalue weighted by Crippen LogP contribution is -2.41. The van der Waals surface area contributed by atoms with Crippen molar-refractivity contribution in [1.29, 1.82) is 0 Å². The Hall–Kier alpha value is -0.780. The predicted octanol–water partition coefficient (Wildman–Crippen LogP) is 3.49. The monoisotopic (exact) mass is 362 g/mol. The second kappa shape index (κ2) is 6.33. The number of ether oxygens (including phenoxy) is 1. The van der Waals surface area contributed by atoms with Crippen molar-refractivity contribution in [2.24, 2.45) is 5.92 Å². The molecule has 0 atom stereocenters. The van der Waals surface area contributed by atoms with E-state index in [-0.39, 0.29) is 12.5 Å². The summed E-state index contributed by atoms with van der Waals surface area (Å²) >= 11 is 9.35. The van der Waals surface area contributed by atoms with Gasteiger partial charge in [-0.15, -0.1) is 0 Å². The number of aliphatic carboxylic acids is 1. The van der Waals surface area contributed by atoms with Gasteiger partial charge in [-0.2, -0.15) is 0 Å². The van der Waals surface area contributed by atoms with Gasteiger partial charge in [0.2, 0.25) is 0 Å². The molecule has 6 heteroatoms. The summed E-state index contributed by atoms with van der Waals surface area (Å²) in [6, 6.07) is 5.27. The minimum Gasteiger partial charge on any atom is -0.489 e. The summed E-state index contributed by atoms with van der Waals surface area (Å²) in [7, 11) is 0. The lowest BCUT2D eigenvalue weighted by Gasteiger charge is -2.34. The molecule has 0 amide bonds. The third-order valence-electron chi connectivity index (χ3n) is 3.66. The Morgan fingerprint density at radius 3 is 2.70 bits per heavy atom. The zero-order chi connectivity index (χ0) is 14.8. The van der Waals surface area contributed by atoms with E-state index in [1.54, 1.807) is 12.1 Å².